The van der Waals surface area contributed by atoms with Crippen LogP contribution in [0, 0.1) is 13.8 Å². The lowest BCUT2D eigenvalue weighted by Crippen LogP contribution is -2.12. The van der Waals surface area contributed by atoms with E-state index < -0.39 is 0 Å². The molecule has 2 aromatic rings. The molecule has 2 N–H and O–H groups in total. The molecule has 0 aromatic carbocycles. The Morgan fingerprint density at radius 1 is 1.15 bits per heavy atom. The van der Waals surface area contributed by atoms with Crippen LogP contribution in [-0.4, -0.2) is 31.3 Å². The third kappa shape index (κ3) is 3.23. The van der Waals surface area contributed by atoms with E-state index in [4.69, 9.17) is 0 Å². The summed E-state index contributed by atoms with van der Waals surface area (Å²) in [6.07, 6.45) is 2.74. The number of hydrogen-bond acceptors (Lipinski definition) is 6. The zero-order chi connectivity index (χ0) is 14.5. The highest BCUT2D eigenvalue weighted by Gasteiger charge is 2.09. The second-order valence-electron chi connectivity index (χ2n) is 4.73. The Morgan fingerprint density at radius 3 is 2.45 bits per heavy atom. The van der Waals surface area contributed by atoms with Crippen LogP contribution in [0.15, 0.2) is 6.33 Å². The molecule has 0 aliphatic carbocycles. The minimum atomic E-state index is 0.584. The van der Waals surface area contributed by atoms with Gasteiger partial charge in [0.2, 0.25) is 0 Å². The van der Waals surface area contributed by atoms with Gasteiger partial charge in [0.25, 0.3) is 0 Å². The highest BCUT2D eigenvalue weighted by Crippen LogP contribution is 2.20. The maximum Gasteiger partial charge on any atom is 0.151 e. The van der Waals surface area contributed by atoms with Crippen LogP contribution >= 0.6 is 0 Å². The summed E-state index contributed by atoms with van der Waals surface area (Å²) < 4.78 is 1.88. The first-order valence-corrected chi connectivity index (χ1v) is 6.77. The van der Waals surface area contributed by atoms with E-state index in [0.717, 1.165) is 41.8 Å². The fraction of sp³-hybridized carbons (Fsp3) is 0.538. The minimum absolute atomic E-state index is 0.584. The van der Waals surface area contributed by atoms with Crippen LogP contribution in [0.2, 0.25) is 0 Å². The van der Waals surface area contributed by atoms with E-state index in [0.29, 0.717) is 6.54 Å². The zero-order valence-corrected chi connectivity index (χ0v) is 12.4. The van der Waals surface area contributed by atoms with Crippen LogP contribution in [0.5, 0.6) is 0 Å². The maximum atomic E-state index is 4.45. The summed E-state index contributed by atoms with van der Waals surface area (Å²) in [6.45, 7) is 7.52. The van der Waals surface area contributed by atoms with Gasteiger partial charge in [-0.05, 0) is 20.3 Å². The van der Waals surface area contributed by atoms with Crippen molar-refractivity contribution in [2.45, 2.75) is 33.7 Å². The van der Waals surface area contributed by atoms with Crippen molar-refractivity contribution in [3.63, 3.8) is 0 Å². The first kappa shape index (κ1) is 14.2. The van der Waals surface area contributed by atoms with Gasteiger partial charge in [-0.3, -0.25) is 0 Å². The minimum Gasteiger partial charge on any atom is -0.370 e. The van der Waals surface area contributed by atoms with E-state index in [1.54, 1.807) is 6.33 Å². The van der Waals surface area contributed by atoms with Gasteiger partial charge >= 0.3 is 0 Å². The summed E-state index contributed by atoms with van der Waals surface area (Å²) in [5, 5.41) is 14.5. The Morgan fingerprint density at radius 2 is 1.85 bits per heavy atom. The average Bonchev–Trinajstić information content (AvgIpc) is 2.83. The van der Waals surface area contributed by atoms with Crippen LogP contribution in [0.1, 0.15) is 30.6 Å². The van der Waals surface area contributed by atoms with Gasteiger partial charge < -0.3 is 15.2 Å². The van der Waals surface area contributed by atoms with Crippen molar-refractivity contribution in [3.05, 3.63) is 23.5 Å². The maximum absolute atomic E-state index is 4.45. The topological polar surface area (TPSA) is 80.6 Å². The zero-order valence-electron chi connectivity index (χ0n) is 12.4. The van der Waals surface area contributed by atoms with Crippen molar-refractivity contribution in [3.8, 4) is 0 Å². The van der Waals surface area contributed by atoms with E-state index in [9.17, 15) is 0 Å². The van der Waals surface area contributed by atoms with E-state index in [1.165, 1.54) is 0 Å². The number of nitrogens with zero attached hydrogens (tertiary/aromatic N) is 5. The van der Waals surface area contributed by atoms with Crippen molar-refractivity contribution in [2.24, 2.45) is 7.05 Å². The van der Waals surface area contributed by atoms with Gasteiger partial charge in [-0.25, -0.2) is 9.97 Å². The summed E-state index contributed by atoms with van der Waals surface area (Å²) in [7, 11) is 1.92. The molecular formula is C13H21N7. The van der Waals surface area contributed by atoms with Gasteiger partial charge in [-0.2, -0.15) is 0 Å². The lowest BCUT2D eigenvalue weighted by molar-refractivity contribution is 0.808. The van der Waals surface area contributed by atoms with Crippen molar-refractivity contribution in [1.29, 1.82) is 0 Å². The number of anilines is 2. The van der Waals surface area contributed by atoms with Crippen molar-refractivity contribution >= 4 is 11.6 Å². The molecule has 7 nitrogen and oxygen atoms in total. The molecule has 0 saturated carbocycles. The van der Waals surface area contributed by atoms with Crippen LogP contribution < -0.4 is 10.6 Å². The molecule has 0 unspecified atom stereocenters. The molecule has 108 valence electrons. The first-order chi connectivity index (χ1) is 9.61. The van der Waals surface area contributed by atoms with Gasteiger partial charge in [0, 0.05) is 19.2 Å². The fourth-order valence-corrected chi connectivity index (χ4v) is 1.85. The average molecular weight is 275 g/mol. The molecule has 0 atom stereocenters. The molecule has 0 fully saturated rings. The monoisotopic (exact) mass is 275 g/mol. The number of aromatic nitrogens is 5. The summed E-state index contributed by atoms with van der Waals surface area (Å²) in [4.78, 5) is 8.89. The van der Waals surface area contributed by atoms with Crippen LogP contribution in [0.3, 0.4) is 0 Å². The summed E-state index contributed by atoms with van der Waals surface area (Å²) in [5.74, 6) is 3.33. The molecule has 0 amide bonds. The van der Waals surface area contributed by atoms with Crippen LogP contribution in [0.25, 0.3) is 0 Å². The smallest absolute Gasteiger partial charge is 0.151 e. The quantitative estimate of drug-likeness (QED) is 0.834. The largest absolute Gasteiger partial charge is 0.370 e. The molecule has 0 spiro atoms. The standard InChI is InChI=1S/C13H21N7/c1-5-6-14-12-9(2)13(18-10(3)17-12)15-7-11-19-16-8-20(11)4/h8H,5-7H2,1-4H3,(H2,14,15,17,18). The Kier molecular flexibility index (Phi) is 4.49. The molecule has 2 aromatic heterocycles. The fourth-order valence-electron chi connectivity index (χ4n) is 1.85. The van der Waals surface area contributed by atoms with Crippen molar-refractivity contribution in [1.82, 2.24) is 24.7 Å². The predicted molar refractivity (Wildman–Crippen MR) is 78.6 cm³/mol. The normalized spacial score (nSPS) is 10.6. The lowest BCUT2D eigenvalue weighted by Gasteiger charge is -2.13. The summed E-state index contributed by atoms with van der Waals surface area (Å²) in [5.41, 5.74) is 1.02. The predicted octanol–water partition coefficient (Wildman–Crippen LogP) is 1.66. The molecule has 0 bridgehead atoms. The SMILES string of the molecule is CCCNc1nc(C)nc(NCc2nncn2C)c1C. The molecular weight excluding hydrogens is 254 g/mol. The molecule has 0 aliphatic rings. The number of rotatable bonds is 6. The molecule has 2 heterocycles. The second kappa shape index (κ2) is 6.31. The van der Waals surface area contributed by atoms with E-state index in [-0.39, 0.29) is 0 Å². The third-order valence-electron chi connectivity index (χ3n) is 3.02. The Hall–Kier alpha value is -2.18. The number of aryl methyl sites for hydroxylation is 2. The van der Waals surface area contributed by atoms with Gasteiger partial charge in [0.05, 0.1) is 6.54 Å². The van der Waals surface area contributed by atoms with E-state index >= 15 is 0 Å². The third-order valence-corrected chi connectivity index (χ3v) is 3.02. The van der Waals surface area contributed by atoms with Gasteiger partial charge in [0.15, 0.2) is 5.82 Å². The Labute approximate surface area is 118 Å². The highest BCUT2D eigenvalue weighted by molar-refractivity contribution is 5.57. The van der Waals surface area contributed by atoms with Crippen molar-refractivity contribution < 1.29 is 0 Å². The van der Waals surface area contributed by atoms with Crippen LogP contribution in [-0.2, 0) is 13.6 Å². The molecule has 0 aliphatic heterocycles. The summed E-state index contributed by atoms with van der Waals surface area (Å²) >= 11 is 0. The molecule has 0 radical (unpaired) electrons. The number of nitrogens with one attached hydrogen (secondary N) is 2. The second-order valence-corrected chi connectivity index (χ2v) is 4.73. The number of hydrogen-bond donors (Lipinski definition) is 2. The van der Waals surface area contributed by atoms with E-state index in [2.05, 4.69) is 37.7 Å². The first-order valence-electron chi connectivity index (χ1n) is 6.77. The summed E-state index contributed by atoms with van der Waals surface area (Å²) in [6, 6.07) is 0. The van der Waals surface area contributed by atoms with Crippen LogP contribution in [0.4, 0.5) is 11.6 Å². The molecule has 20 heavy (non-hydrogen) atoms. The molecule has 0 saturated heterocycles. The molecule has 2 rings (SSSR count). The van der Waals surface area contributed by atoms with Gasteiger partial charge in [-0.15, -0.1) is 10.2 Å². The van der Waals surface area contributed by atoms with Gasteiger partial charge in [0.1, 0.15) is 23.8 Å². The van der Waals surface area contributed by atoms with Gasteiger partial charge in [-0.1, -0.05) is 6.92 Å². The Bertz CT molecular complexity index is 576. The highest BCUT2D eigenvalue weighted by atomic mass is 15.3. The Balaban J connectivity index is 2.14. The van der Waals surface area contributed by atoms with Crippen molar-refractivity contribution in [2.75, 3.05) is 17.2 Å². The molecule has 7 heteroatoms. The van der Waals surface area contributed by atoms with E-state index in [1.807, 2.05) is 25.5 Å². The lowest BCUT2D eigenvalue weighted by atomic mass is 10.3.